The first-order valence-electron chi connectivity index (χ1n) is 9.81. The van der Waals surface area contributed by atoms with Crippen LogP contribution in [0.15, 0.2) is 36.4 Å². The lowest BCUT2D eigenvalue weighted by Crippen LogP contribution is -2.43. The number of aromatic nitrogens is 2. The van der Waals surface area contributed by atoms with Crippen LogP contribution in [0.1, 0.15) is 9.80 Å². The molecule has 0 spiro atoms. The summed E-state index contributed by atoms with van der Waals surface area (Å²) in [7, 11) is 0. The molecule has 160 valence electrons. The summed E-state index contributed by atoms with van der Waals surface area (Å²) >= 11 is 2.41. The first-order chi connectivity index (χ1) is 15.1. The van der Waals surface area contributed by atoms with Crippen molar-refractivity contribution in [2.75, 3.05) is 44.3 Å². The van der Waals surface area contributed by atoms with E-state index in [0.717, 1.165) is 40.7 Å². The summed E-state index contributed by atoms with van der Waals surface area (Å²) in [4.78, 5) is 26.0. The Morgan fingerprint density at radius 3 is 2.71 bits per heavy atom. The smallest absolute Gasteiger partial charge is 0.289 e. The van der Waals surface area contributed by atoms with Crippen LogP contribution in [0, 0.1) is 11.6 Å². The standard InChI is InChI=1S/C21H18F2N4O2S2/c22-13-11-14(23)18-17(12-13)31-21(25-18)27(6-5-26-7-9-29-10-8-26)20(28)19-24-15-3-1-2-4-16(15)30-19/h1-4,11-12H,5-10H2. The number of morpholine rings is 1. The van der Waals surface area contributed by atoms with Gasteiger partial charge in [0.15, 0.2) is 16.0 Å². The van der Waals surface area contributed by atoms with Crippen molar-refractivity contribution in [3.05, 3.63) is 53.0 Å². The molecule has 0 unspecified atom stereocenters. The third-order valence-corrected chi connectivity index (χ3v) is 7.15. The van der Waals surface area contributed by atoms with E-state index in [9.17, 15) is 13.6 Å². The molecule has 1 saturated heterocycles. The Balaban J connectivity index is 1.50. The Kier molecular flexibility index (Phi) is 5.61. The van der Waals surface area contributed by atoms with E-state index in [1.165, 1.54) is 22.3 Å². The molecule has 0 N–H and O–H groups in total. The highest BCUT2D eigenvalue weighted by Gasteiger charge is 2.26. The molecule has 0 radical (unpaired) electrons. The molecule has 3 heterocycles. The van der Waals surface area contributed by atoms with Crippen LogP contribution in [-0.2, 0) is 4.74 Å². The molecule has 1 aliphatic heterocycles. The maximum absolute atomic E-state index is 14.2. The SMILES string of the molecule is O=C(c1nc2ccccc2s1)N(CCN1CCOCC1)c1nc2c(F)cc(F)cc2s1. The highest BCUT2D eigenvalue weighted by Crippen LogP contribution is 2.33. The molecule has 6 nitrogen and oxygen atoms in total. The number of hydrogen-bond acceptors (Lipinski definition) is 7. The van der Waals surface area contributed by atoms with Crippen molar-refractivity contribution in [2.24, 2.45) is 0 Å². The minimum Gasteiger partial charge on any atom is -0.379 e. The van der Waals surface area contributed by atoms with Crippen LogP contribution in [0.25, 0.3) is 20.4 Å². The summed E-state index contributed by atoms with van der Waals surface area (Å²) in [6, 6.07) is 9.59. The molecule has 0 bridgehead atoms. The molecule has 0 atom stereocenters. The second-order valence-corrected chi connectivity index (χ2v) is 9.17. The summed E-state index contributed by atoms with van der Waals surface area (Å²) in [6.07, 6.45) is 0. The number of para-hydroxylation sites is 1. The topological polar surface area (TPSA) is 58.6 Å². The molecule has 10 heteroatoms. The Hall–Kier alpha value is -2.53. The third-order valence-electron chi connectivity index (χ3n) is 5.10. The summed E-state index contributed by atoms with van der Waals surface area (Å²) < 4.78 is 34.6. The van der Waals surface area contributed by atoms with Gasteiger partial charge in [-0.3, -0.25) is 14.6 Å². The Morgan fingerprint density at radius 1 is 1.10 bits per heavy atom. The number of benzene rings is 2. The van der Waals surface area contributed by atoms with Crippen LogP contribution < -0.4 is 4.90 Å². The molecule has 2 aromatic carbocycles. The van der Waals surface area contributed by atoms with Gasteiger partial charge in [0, 0.05) is 32.2 Å². The van der Waals surface area contributed by atoms with E-state index in [-0.39, 0.29) is 11.4 Å². The number of amides is 1. The van der Waals surface area contributed by atoms with Crippen LogP contribution in [0.3, 0.4) is 0 Å². The van der Waals surface area contributed by atoms with Gasteiger partial charge in [0.25, 0.3) is 5.91 Å². The molecular formula is C21H18F2N4O2S2. The molecule has 2 aromatic heterocycles. The Morgan fingerprint density at radius 2 is 1.90 bits per heavy atom. The van der Waals surface area contributed by atoms with E-state index in [0.29, 0.717) is 41.1 Å². The maximum Gasteiger partial charge on any atom is 0.289 e. The number of nitrogens with zero attached hydrogens (tertiary/aromatic N) is 4. The van der Waals surface area contributed by atoms with E-state index >= 15 is 0 Å². The van der Waals surface area contributed by atoms with Crippen LogP contribution in [0.4, 0.5) is 13.9 Å². The fraction of sp³-hybridized carbons (Fsp3) is 0.286. The van der Waals surface area contributed by atoms with Gasteiger partial charge in [-0.25, -0.2) is 18.7 Å². The average molecular weight is 461 g/mol. The summed E-state index contributed by atoms with van der Waals surface area (Å²) in [5, 5.41) is 0.672. The Labute approximate surface area is 184 Å². The molecule has 31 heavy (non-hydrogen) atoms. The second kappa shape index (κ2) is 8.54. The highest BCUT2D eigenvalue weighted by atomic mass is 32.1. The first kappa shape index (κ1) is 20.4. The molecule has 1 fully saturated rings. The molecule has 4 aromatic rings. The van der Waals surface area contributed by atoms with Gasteiger partial charge >= 0.3 is 0 Å². The van der Waals surface area contributed by atoms with Crippen molar-refractivity contribution in [1.29, 1.82) is 0 Å². The van der Waals surface area contributed by atoms with E-state index in [1.807, 2.05) is 24.3 Å². The lowest BCUT2D eigenvalue weighted by molar-refractivity contribution is 0.0391. The van der Waals surface area contributed by atoms with Crippen molar-refractivity contribution in [3.8, 4) is 0 Å². The summed E-state index contributed by atoms with van der Waals surface area (Å²) in [5.74, 6) is -1.70. The normalized spacial score (nSPS) is 15.0. The maximum atomic E-state index is 14.2. The average Bonchev–Trinajstić information content (AvgIpc) is 3.39. The number of carbonyl (C=O) groups is 1. The third kappa shape index (κ3) is 4.16. The van der Waals surface area contributed by atoms with Gasteiger partial charge in [-0.2, -0.15) is 0 Å². The van der Waals surface area contributed by atoms with Gasteiger partial charge in [-0.15, -0.1) is 11.3 Å². The quantitative estimate of drug-likeness (QED) is 0.448. The van der Waals surface area contributed by atoms with Crippen molar-refractivity contribution in [2.45, 2.75) is 0 Å². The zero-order valence-corrected chi connectivity index (χ0v) is 18.0. The number of thiazole rings is 2. The predicted molar refractivity (Wildman–Crippen MR) is 118 cm³/mol. The highest BCUT2D eigenvalue weighted by molar-refractivity contribution is 7.23. The lowest BCUT2D eigenvalue weighted by Gasteiger charge is -2.28. The zero-order chi connectivity index (χ0) is 21.4. The Bertz CT molecular complexity index is 1220. The number of rotatable bonds is 5. The second-order valence-electron chi connectivity index (χ2n) is 7.13. The van der Waals surface area contributed by atoms with Gasteiger partial charge in [0.1, 0.15) is 11.3 Å². The van der Waals surface area contributed by atoms with E-state index in [2.05, 4.69) is 14.9 Å². The summed E-state index contributed by atoms with van der Waals surface area (Å²) in [5.41, 5.74) is 0.816. The molecule has 1 aliphatic rings. The van der Waals surface area contributed by atoms with E-state index in [1.54, 1.807) is 0 Å². The van der Waals surface area contributed by atoms with Crippen LogP contribution in [-0.4, -0.2) is 60.2 Å². The number of fused-ring (bicyclic) bond motifs is 2. The van der Waals surface area contributed by atoms with Gasteiger partial charge < -0.3 is 4.74 Å². The van der Waals surface area contributed by atoms with Gasteiger partial charge in [0.05, 0.1) is 28.1 Å². The largest absolute Gasteiger partial charge is 0.379 e. The van der Waals surface area contributed by atoms with Crippen molar-refractivity contribution in [1.82, 2.24) is 14.9 Å². The van der Waals surface area contributed by atoms with Crippen LogP contribution in [0.2, 0.25) is 0 Å². The van der Waals surface area contributed by atoms with Gasteiger partial charge in [-0.05, 0) is 18.2 Å². The van der Waals surface area contributed by atoms with Crippen LogP contribution >= 0.6 is 22.7 Å². The molecular weight excluding hydrogens is 442 g/mol. The molecule has 0 aliphatic carbocycles. The number of halogens is 2. The number of hydrogen-bond donors (Lipinski definition) is 0. The minimum absolute atomic E-state index is 0.0647. The minimum atomic E-state index is -0.738. The summed E-state index contributed by atoms with van der Waals surface area (Å²) in [6.45, 7) is 3.84. The number of anilines is 1. The molecule has 0 saturated carbocycles. The molecule has 1 amide bonds. The monoisotopic (exact) mass is 460 g/mol. The fourth-order valence-corrected chi connectivity index (χ4v) is 5.43. The lowest BCUT2D eigenvalue weighted by atomic mass is 10.3. The first-order valence-corrected chi connectivity index (χ1v) is 11.4. The van der Waals surface area contributed by atoms with Crippen LogP contribution in [0.5, 0.6) is 0 Å². The van der Waals surface area contributed by atoms with Crippen molar-refractivity contribution in [3.63, 3.8) is 0 Å². The number of carbonyl (C=O) groups excluding carboxylic acids is 1. The van der Waals surface area contributed by atoms with Gasteiger partial charge in [0.2, 0.25) is 0 Å². The van der Waals surface area contributed by atoms with E-state index < -0.39 is 11.6 Å². The fourth-order valence-electron chi connectivity index (χ4n) is 3.49. The molecule has 5 rings (SSSR count). The van der Waals surface area contributed by atoms with Gasteiger partial charge in [-0.1, -0.05) is 23.5 Å². The van der Waals surface area contributed by atoms with Crippen molar-refractivity contribution < 1.29 is 18.3 Å². The van der Waals surface area contributed by atoms with Crippen molar-refractivity contribution >= 4 is 54.1 Å². The number of ether oxygens (including phenoxy) is 1. The van der Waals surface area contributed by atoms with E-state index in [4.69, 9.17) is 4.74 Å². The zero-order valence-electron chi connectivity index (χ0n) is 16.4. The predicted octanol–water partition coefficient (Wildman–Crippen LogP) is 4.16.